The molecule has 1 saturated carbocycles. The molecule has 38 heavy (non-hydrogen) atoms. The van der Waals surface area contributed by atoms with E-state index in [1.807, 2.05) is 6.92 Å². The number of hydrogen-bond acceptors (Lipinski definition) is 6. The zero-order valence-electron chi connectivity index (χ0n) is 21.5. The normalized spacial score (nSPS) is 19.7. The van der Waals surface area contributed by atoms with Crippen molar-refractivity contribution in [1.29, 1.82) is 0 Å². The molecule has 13 heteroatoms. The van der Waals surface area contributed by atoms with Crippen LogP contribution in [-0.4, -0.2) is 57.0 Å². The molecule has 1 aliphatic heterocycles. The Morgan fingerprint density at radius 3 is 2.39 bits per heavy atom. The highest BCUT2D eigenvalue weighted by atomic mass is 35.5. The number of nitrogens with zero attached hydrogens (tertiary/aromatic N) is 3. The van der Waals surface area contributed by atoms with Crippen molar-refractivity contribution in [3.63, 3.8) is 0 Å². The molecule has 0 bridgehead atoms. The minimum Gasteiger partial charge on any atom is -0.496 e. The summed E-state index contributed by atoms with van der Waals surface area (Å²) >= 11 is 5.93. The van der Waals surface area contributed by atoms with Crippen molar-refractivity contribution in [2.75, 3.05) is 31.6 Å². The van der Waals surface area contributed by atoms with Gasteiger partial charge in [0.25, 0.3) is 5.91 Å². The van der Waals surface area contributed by atoms with Crippen molar-refractivity contribution in [2.24, 2.45) is 17.8 Å². The minimum atomic E-state index is -4.19. The van der Waals surface area contributed by atoms with Gasteiger partial charge in [0, 0.05) is 43.5 Å². The summed E-state index contributed by atoms with van der Waals surface area (Å²) in [6.45, 7) is 5.08. The Morgan fingerprint density at radius 2 is 1.84 bits per heavy atom. The molecule has 0 spiro atoms. The Hall–Kier alpha value is -2.60. The number of benzene rings is 1. The van der Waals surface area contributed by atoms with E-state index >= 15 is 0 Å². The number of anilines is 1. The summed E-state index contributed by atoms with van der Waals surface area (Å²) in [6, 6.07) is 5.21. The highest BCUT2D eigenvalue weighted by Gasteiger charge is 2.47. The van der Waals surface area contributed by atoms with E-state index in [1.165, 1.54) is 20.0 Å². The lowest BCUT2D eigenvalue weighted by Crippen LogP contribution is -2.53. The molecule has 8 nitrogen and oxygen atoms in total. The van der Waals surface area contributed by atoms with Gasteiger partial charge in [0.15, 0.2) is 5.69 Å². The summed E-state index contributed by atoms with van der Waals surface area (Å²) in [5, 5.41) is 7.69. The molecule has 0 radical (unpaired) electrons. The largest absolute Gasteiger partial charge is 0.496 e. The maximum Gasteiger partial charge on any atom is 0.395 e. The molecule has 1 aliphatic carbocycles. The van der Waals surface area contributed by atoms with E-state index < -0.39 is 23.7 Å². The van der Waals surface area contributed by atoms with Gasteiger partial charge in [-0.2, -0.15) is 26.7 Å². The van der Waals surface area contributed by atoms with E-state index in [1.54, 1.807) is 27.8 Å². The summed E-state index contributed by atoms with van der Waals surface area (Å²) in [5.74, 6) is 0.0388. The Kier molecular flexibility index (Phi) is 10.2. The molecule has 4 rings (SSSR count). The standard InChI is InChI=1S/C25H32ClF3N4O2.O2S/c1-4-33-23(21(26)22(31-33)24(34)30-12-16-7-5-15(2)6-8-16)19-10-9-18(11-20(19)35-3)32-13-17(14-32)25(27,28)29;1-3-2/h9-11,15-17H,4-8,12-14H2,1-3H3,(H,30,34);. The molecule has 1 saturated heterocycles. The highest BCUT2D eigenvalue weighted by Crippen LogP contribution is 2.41. The summed E-state index contributed by atoms with van der Waals surface area (Å²) in [4.78, 5) is 14.6. The number of aromatic nitrogens is 2. The van der Waals surface area contributed by atoms with Gasteiger partial charge in [0.05, 0.1) is 23.7 Å². The second kappa shape index (κ2) is 13.0. The van der Waals surface area contributed by atoms with Gasteiger partial charge < -0.3 is 15.0 Å². The van der Waals surface area contributed by atoms with E-state index in [0.717, 1.165) is 18.8 Å². The number of methoxy groups -OCH3 is 1. The van der Waals surface area contributed by atoms with Crippen LogP contribution in [0.4, 0.5) is 18.9 Å². The maximum absolute atomic E-state index is 12.9. The van der Waals surface area contributed by atoms with Crippen LogP contribution in [-0.2, 0) is 18.1 Å². The second-order valence-electron chi connectivity index (χ2n) is 9.76. The van der Waals surface area contributed by atoms with Crippen molar-refractivity contribution in [3.05, 3.63) is 28.9 Å². The number of nitrogens with one attached hydrogen (secondary N) is 1. The molecular weight excluding hydrogens is 545 g/mol. The van der Waals surface area contributed by atoms with Gasteiger partial charge in [0.2, 0.25) is 0 Å². The smallest absolute Gasteiger partial charge is 0.395 e. The second-order valence-corrected chi connectivity index (χ2v) is 10.3. The van der Waals surface area contributed by atoms with Gasteiger partial charge >= 0.3 is 17.7 Å². The fourth-order valence-electron chi connectivity index (χ4n) is 4.89. The number of carbonyl (C=O) groups is 1. The average molecular weight is 577 g/mol. The number of halogens is 4. The van der Waals surface area contributed by atoms with E-state index in [0.29, 0.717) is 41.7 Å². The lowest BCUT2D eigenvalue weighted by Gasteiger charge is -2.41. The first-order valence-corrected chi connectivity index (χ1v) is 13.5. The Labute approximate surface area is 228 Å². The van der Waals surface area contributed by atoms with Crippen molar-refractivity contribution in [3.8, 4) is 17.0 Å². The summed E-state index contributed by atoms with van der Waals surface area (Å²) in [6.07, 6.45) is 0.385. The minimum absolute atomic E-state index is 0.0795. The van der Waals surface area contributed by atoms with Crippen LogP contribution in [0.15, 0.2) is 18.2 Å². The molecule has 2 fully saturated rings. The highest BCUT2D eigenvalue weighted by molar-refractivity contribution is 7.51. The van der Waals surface area contributed by atoms with Gasteiger partial charge in [-0.05, 0) is 43.7 Å². The molecule has 1 N–H and O–H groups in total. The third-order valence-electron chi connectivity index (χ3n) is 7.25. The molecule has 2 aromatic rings. The van der Waals surface area contributed by atoms with Gasteiger partial charge in [-0.25, -0.2) is 0 Å². The lowest BCUT2D eigenvalue weighted by atomic mass is 9.83. The Bertz CT molecular complexity index is 1160. The van der Waals surface area contributed by atoms with Crippen LogP contribution in [0.1, 0.15) is 50.0 Å². The molecule has 0 atom stereocenters. The van der Waals surface area contributed by atoms with Gasteiger partial charge in [0.1, 0.15) is 5.75 Å². The quantitative estimate of drug-likeness (QED) is 0.492. The van der Waals surface area contributed by atoms with Crippen LogP contribution in [0.5, 0.6) is 5.75 Å². The zero-order valence-corrected chi connectivity index (χ0v) is 23.1. The van der Waals surface area contributed by atoms with Crippen LogP contribution >= 0.6 is 11.6 Å². The van der Waals surface area contributed by atoms with E-state index in [2.05, 4.69) is 17.3 Å². The zero-order chi connectivity index (χ0) is 28.0. The van der Waals surface area contributed by atoms with Crippen LogP contribution in [0.2, 0.25) is 5.02 Å². The molecule has 1 amide bonds. The third-order valence-corrected chi connectivity index (χ3v) is 7.60. The lowest BCUT2D eigenvalue weighted by molar-refractivity contribution is -0.180. The number of ether oxygens (including phenoxy) is 1. The molecule has 1 aromatic carbocycles. The number of alkyl halides is 3. The number of rotatable bonds is 7. The first-order valence-electron chi connectivity index (χ1n) is 12.5. The summed E-state index contributed by atoms with van der Waals surface area (Å²) in [5.41, 5.74) is 1.98. The van der Waals surface area contributed by atoms with E-state index in [9.17, 15) is 18.0 Å². The fraction of sp³-hybridized carbons (Fsp3) is 0.600. The Morgan fingerprint density at radius 1 is 1.21 bits per heavy atom. The SMILES string of the molecule is CCn1nc(C(=O)NCC2CCC(C)CC2)c(Cl)c1-c1ccc(N2CC(C(F)(F)F)C2)cc1OC.O=S=O. The average Bonchev–Trinajstić information content (AvgIpc) is 3.18. The Balaban J connectivity index is 0.00000127. The number of amides is 1. The van der Waals surface area contributed by atoms with Crippen molar-refractivity contribution in [2.45, 2.75) is 52.3 Å². The third kappa shape index (κ3) is 6.88. The molecule has 2 aliphatic rings. The van der Waals surface area contributed by atoms with E-state index in [4.69, 9.17) is 24.8 Å². The van der Waals surface area contributed by atoms with Crippen molar-refractivity contribution >= 4 is 34.8 Å². The van der Waals surface area contributed by atoms with Gasteiger partial charge in [-0.3, -0.25) is 9.48 Å². The molecule has 0 unspecified atom stereocenters. The summed E-state index contributed by atoms with van der Waals surface area (Å²) < 4.78 is 62.5. The molecule has 1 aromatic heterocycles. The first-order chi connectivity index (χ1) is 18.0. The predicted octanol–water partition coefficient (Wildman–Crippen LogP) is 5.12. The topological polar surface area (TPSA) is 93.5 Å². The molecule has 2 heterocycles. The number of carbonyl (C=O) groups excluding carboxylic acids is 1. The van der Waals surface area contributed by atoms with Crippen LogP contribution in [0.25, 0.3) is 11.3 Å². The van der Waals surface area contributed by atoms with Crippen LogP contribution < -0.4 is 15.0 Å². The summed E-state index contributed by atoms with van der Waals surface area (Å²) in [7, 11) is 1.50. The fourth-order valence-corrected chi connectivity index (χ4v) is 5.22. The maximum atomic E-state index is 12.9. The van der Waals surface area contributed by atoms with Crippen molar-refractivity contribution in [1.82, 2.24) is 15.1 Å². The monoisotopic (exact) mass is 576 g/mol. The van der Waals surface area contributed by atoms with Gasteiger partial charge in [-0.1, -0.05) is 31.4 Å². The van der Waals surface area contributed by atoms with E-state index in [-0.39, 0.29) is 29.7 Å². The van der Waals surface area contributed by atoms with Crippen LogP contribution in [0.3, 0.4) is 0 Å². The van der Waals surface area contributed by atoms with Crippen molar-refractivity contribution < 1.29 is 31.1 Å². The van der Waals surface area contributed by atoms with Crippen LogP contribution in [0, 0.1) is 17.8 Å². The predicted molar refractivity (Wildman–Crippen MR) is 139 cm³/mol. The number of aryl methyl sites for hydroxylation is 1. The first kappa shape index (κ1) is 29.9. The number of hydrogen-bond donors (Lipinski definition) is 1. The van der Waals surface area contributed by atoms with Gasteiger partial charge in [-0.15, -0.1) is 0 Å². The molecule has 210 valence electrons. The molecular formula is C25H32ClF3N4O4S.